The lowest BCUT2D eigenvalue weighted by Crippen LogP contribution is -2.03. The van der Waals surface area contributed by atoms with Crippen molar-refractivity contribution in [2.45, 2.75) is 25.7 Å². The number of aromatic amines is 1. The lowest BCUT2D eigenvalue weighted by molar-refractivity contribution is 0.860. The summed E-state index contributed by atoms with van der Waals surface area (Å²) in [7, 11) is 0. The Labute approximate surface area is 123 Å². The predicted molar refractivity (Wildman–Crippen MR) is 83.4 cm³/mol. The molecule has 4 heteroatoms. The van der Waals surface area contributed by atoms with E-state index in [1.165, 1.54) is 11.3 Å². The number of aromatic nitrogens is 2. The zero-order valence-electron chi connectivity index (χ0n) is 11.3. The molecule has 0 bridgehead atoms. The monoisotopic (exact) mass is 285 g/mol. The van der Waals surface area contributed by atoms with Crippen molar-refractivity contribution < 1.29 is 0 Å². The number of aliphatic imine (C=N–C) groups is 1. The zero-order chi connectivity index (χ0) is 13.9. The van der Waals surface area contributed by atoms with Crippen LogP contribution in [-0.4, -0.2) is 16.4 Å². The number of aryl methyl sites for hydroxylation is 1. The summed E-state index contributed by atoms with van der Waals surface area (Å²) in [5.74, 6) is 0.329. The minimum absolute atomic E-state index is 0.329. The number of halogens is 1. The van der Waals surface area contributed by atoms with E-state index in [0.717, 1.165) is 29.1 Å². The number of rotatable bonds is 3. The van der Waals surface area contributed by atoms with Gasteiger partial charge in [0.15, 0.2) is 0 Å². The summed E-state index contributed by atoms with van der Waals surface area (Å²) in [6, 6.07) is 7.85. The maximum absolute atomic E-state index is 6.10. The fraction of sp³-hybridized carbons (Fsp3) is 0.250. The average molecular weight is 286 g/mol. The third kappa shape index (κ3) is 2.41. The molecule has 1 aliphatic heterocycles. The Hall–Kier alpha value is -1.87. The van der Waals surface area contributed by atoms with Crippen LogP contribution in [-0.2, 0) is 6.42 Å². The molecule has 0 amide bonds. The highest BCUT2D eigenvalue weighted by Gasteiger charge is 2.21. The van der Waals surface area contributed by atoms with E-state index in [2.05, 4.69) is 28.2 Å². The van der Waals surface area contributed by atoms with Crippen LogP contribution in [0.3, 0.4) is 0 Å². The van der Waals surface area contributed by atoms with E-state index >= 15 is 0 Å². The first kappa shape index (κ1) is 13.1. The number of hydrogen-bond acceptors (Lipinski definition) is 2. The summed E-state index contributed by atoms with van der Waals surface area (Å²) in [4.78, 5) is 4.15. The number of allylic oxidation sites excluding steroid dienone is 1. The zero-order valence-corrected chi connectivity index (χ0v) is 12.1. The van der Waals surface area contributed by atoms with Gasteiger partial charge in [0.05, 0.1) is 5.69 Å². The van der Waals surface area contributed by atoms with E-state index in [1.807, 2.05) is 36.7 Å². The van der Waals surface area contributed by atoms with Crippen molar-refractivity contribution in [3.05, 3.63) is 52.8 Å². The maximum atomic E-state index is 6.10. The van der Waals surface area contributed by atoms with Crippen molar-refractivity contribution >= 4 is 17.8 Å². The Balaban J connectivity index is 2.10. The van der Waals surface area contributed by atoms with Gasteiger partial charge in [0.1, 0.15) is 0 Å². The van der Waals surface area contributed by atoms with E-state index in [1.54, 1.807) is 0 Å². The largest absolute Gasteiger partial charge is 0.282 e. The van der Waals surface area contributed by atoms with Gasteiger partial charge in [-0.25, -0.2) is 0 Å². The topological polar surface area (TPSA) is 41.0 Å². The van der Waals surface area contributed by atoms with Crippen molar-refractivity contribution in [2.24, 2.45) is 4.99 Å². The summed E-state index contributed by atoms with van der Waals surface area (Å²) >= 11 is 6.10. The van der Waals surface area contributed by atoms with Gasteiger partial charge in [-0.3, -0.25) is 10.1 Å². The second kappa shape index (κ2) is 5.63. The molecule has 3 nitrogen and oxygen atoms in total. The van der Waals surface area contributed by atoms with Gasteiger partial charge in [-0.2, -0.15) is 5.10 Å². The summed E-state index contributed by atoms with van der Waals surface area (Å²) in [6.07, 6.45) is 7.81. The number of H-pyrrole nitrogens is 1. The molecule has 2 aromatic rings. The molecule has 102 valence electrons. The van der Waals surface area contributed by atoms with Gasteiger partial charge in [0.25, 0.3) is 0 Å². The Morgan fingerprint density at radius 2 is 2.30 bits per heavy atom. The molecule has 0 aliphatic carbocycles. The molecule has 1 N–H and O–H groups in total. The molecule has 0 radical (unpaired) electrons. The molecule has 1 aromatic carbocycles. The first-order valence-corrected chi connectivity index (χ1v) is 7.18. The van der Waals surface area contributed by atoms with Gasteiger partial charge in [-0.15, -0.1) is 0 Å². The van der Waals surface area contributed by atoms with E-state index in [9.17, 15) is 0 Å². The highest BCUT2D eigenvalue weighted by Crippen LogP contribution is 2.34. The lowest BCUT2D eigenvalue weighted by atomic mass is 9.90. The average Bonchev–Trinajstić information content (AvgIpc) is 2.92. The smallest absolute Gasteiger partial charge is 0.0962 e. The molecular formula is C16H16ClN3. The molecule has 0 saturated carbocycles. The molecule has 1 aromatic heterocycles. The van der Waals surface area contributed by atoms with Crippen LogP contribution < -0.4 is 0 Å². The maximum Gasteiger partial charge on any atom is 0.0962 e. The van der Waals surface area contributed by atoms with E-state index < -0.39 is 0 Å². The molecular weight excluding hydrogens is 270 g/mol. The van der Waals surface area contributed by atoms with Gasteiger partial charge in [-0.05, 0) is 25.0 Å². The molecule has 3 rings (SSSR count). The van der Waals surface area contributed by atoms with Crippen LogP contribution >= 0.6 is 11.6 Å². The van der Waals surface area contributed by atoms with Crippen molar-refractivity contribution in [1.29, 1.82) is 0 Å². The Bertz CT molecular complexity index is 670. The highest BCUT2D eigenvalue weighted by molar-refractivity contribution is 6.30. The SMILES string of the molecule is CCc1[nH]nc(-c2cccc(Cl)c2)c1C1C=CN=CC1. The lowest BCUT2D eigenvalue weighted by Gasteiger charge is -2.15. The first-order chi connectivity index (χ1) is 9.79. The van der Waals surface area contributed by atoms with Gasteiger partial charge in [-0.1, -0.05) is 36.7 Å². The van der Waals surface area contributed by atoms with Crippen LogP contribution in [0.4, 0.5) is 0 Å². The number of benzene rings is 1. The predicted octanol–water partition coefficient (Wildman–Crippen LogP) is 4.36. The van der Waals surface area contributed by atoms with E-state index in [-0.39, 0.29) is 0 Å². The van der Waals surface area contributed by atoms with Crippen LogP contribution in [0.15, 0.2) is 41.5 Å². The standard InChI is InChI=1S/C16H16ClN3/c1-2-14-15(11-6-8-18-9-7-11)16(20-19-14)12-4-3-5-13(17)10-12/h3-6,8-11H,2,7H2,1H3,(H,19,20). The van der Waals surface area contributed by atoms with Gasteiger partial charge in [0, 0.05) is 40.2 Å². The van der Waals surface area contributed by atoms with Crippen LogP contribution in [0.1, 0.15) is 30.5 Å². The van der Waals surface area contributed by atoms with Crippen molar-refractivity contribution in [3.8, 4) is 11.3 Å². The van der Waals surface area contributed by atoms with Crippen molar-refractivity contribution in [1.82, 2.24) is 10.2 Å². The third-order valence-electron chi connectivity index (χ3n) is 3.57. The summed E-state index contributed by atoms with van der Waals surface area (Å²) in [5.41, 5.74) is 4.50. The number of nitrogens with zero attached hydrogens (tertiary/aromatic N) is 2. The van der Waals surface area contributed by atoms with E-state index in [0.29, 0.717) is 5.92 Å². The number of nitrogens with one attached hydrogen (secondary N) is 1. The minimum atomic E-state index is 0.329. The fourth-order valence-corrected chi connectivity index (χ4v) is 2.78. The molecule has 20 heavy (non-hydrogen) atoms. The van der Waals surface area contributed by atoms with Gasteiger partial charge in [0.2, 0.25) is 0 Å². The first-order valence-electron chi connectivity index (χ1n) is 6.81. The molecule has 1 aliphatic rings. The molecule has 2 heterocycles. The Kier molecular flexibility index (Phi) is 3.70. The summed E-state index contributed by atoms with van der Waals surface area (Å²) < 4.78 is 0. The second-order valence-corrected chi connectivity index (χ2v) is 5.28. The van der Waals surface area contributed by atoms with Crippen molar-refractivity contribution in [2.75, 3.05) is 0 Å². The third-order valence-corrected chi connectivity index (χ3v) is 3.81. The van der Waals surface area contributed by atoms with Crippen LogP contribution in [0.25, 0.3) is 11.3 Å². The fourth-order valence-electron chi connectivity index (χ4n) is 2.59. The van der Waals surface area contributed by atoms with Gasteiger partial charge >= 0.3 is 0 Å². The summed E-state index contributed by atoms with van der Waals surface area (Å²) in [6.45, 7) is 2.14. The molecule has 1 unspecified atom stereocenters. The molecule has 0 saturated heterocycles. The van der Waals surface area contributed by atoms with Crippen LogP contribution in [0, 0.1) is 0 Å². The molecule has 0 fully saturated rings. The van der Waals surface area contributed by atoms with Crippen molar-refractivity contribution in [3.63, 3.8) is 0 Å². The van der Waals surface area contributed by atoms with E-state index in [4.69, 9.17) is 11.6 Å². The Morgan fingerprint density at radius 3 is 3.00 bits per heavy atom. The molecule has 1 atom stereocenters. The van der Waals surface area contributed by atoms with Crippen LogP contribution in [0.2, 0.25) is 5.02 Å². The Morgan fingerprint density at radius 1 is 1.40 bits per heavy atom. The van der Waals surface area contributed by atoms with Gasteiger partial charge < -0.3 is 0 Å². The minimum Gasteiger partial charge on any atom is -0.282 e. The highest BCUT2D eigenvalue weighted by atomic mass is 35.5. The summed E-state index contributed by atoms with van der Waals surface area (Å²) in [5, 5.41) is 8.41. The molecule has 0 spiro atoms. The normalized spacial score (nSPS) is 17.6. The second-order valence-electron chi connectivity index (χ2n) is 4.84. The van der Waals surface area contributed by atoms with Crippen LogP contribution in [0.5, 0.6) is 0 Å². The number of hydrogen-bond donors (Lipinski definition) is 1. The quantitative estimate of drug-likeness (QED) is 0.894.